The van der Waals surface area contributed by atoms with Crippen LogP contribution in [0.5, 0.6) is 5.75 Å². The molecule has 10 heteroatoms. The summed E-state index contributed by atoms with van der Waals surface area (Å²) in [5, 5.41) is 36.4. The summed E-state index contributed by atoms with van der Waals surface area (Å²) in [5.41, 5.74) is 2.47. The fraction of sp³-hybridized carbons (Fsp3) is 0. The van der Waals surface area contributed by atoms with Crippen molar-refractivity contribution < 1.29 is 10.0 Å². The van der Waals surface area contributed by atoms with Crippen LogP contribution in [0.1, 0.15) is 5.56 Å². The summed E-state index contributed by atoms with van der Waals surface area (Å²) >= 11 is 0. The number of nitro benzene ring substituents is 1. The van der Waals surface area contributed by atoms with Gasteiger partial charge < -0.3 is 5.11 Å². The summed E-state index contributed by atoms with van der Waals surface area (Å²) in [6.45, 7) is 0. The average Bonchev–Trinajstić information content (AvgIpc) is 2.84. The van der Waals surface area contributed by atoms with Crippen molar-refractivity contribution in [1.29, 1.82) is 0 Å². The van der Waals surface area contributed by atoms with Gasteiger partial charge in [0.05, 0.1) is 11.1 Å². The molecule has 92 valence electrons. The van der Waals surface area contributed by atoms with E-state index in [-0.39, 0.29) is 22.9 Å². The number of rotatable bonds is 4. The number of benzene rings is 1. The van der Waals surface area contributed by atoms with Gasteiger partial charge in [-0.25, -0.2) is 5.43 Å². The zero-order valence-corrected chi connectivity index (χ0v) is 8.81. The normalized spacial score (nSPS) is 10.7. The molecule has 0 aliphatic heterocycles. The first-order chi connectivity index (χ1) is 8.66. The number of hydrogen-bond donors (Lipinski definition) is 3. The summed E-state index contributed by atoms with van der Waals surface area (Å²) < 4.78 is 0. The third-order valence-electron chi connectivity index (χ3n) is 1.94. The van der Waals surface area contributed by atoms with E-state index in [1.54, 1.807) is 0 Å². The van der Waals surface area contributed by atoms with Gasteiger partial charge >= 0.3 is 0 Å². The number of nitrogens with one attached hydrogen (secondary N) is 2. The summed E-state index contributed by atoms with van der Waals surface area (Å²) in [6.07, 6.45) is 1.21. The highest BCUT2D eigenvalue weighted by molar-refractivity contribution is 5.84. The van der Waals surface area contributed by atoms with Crippen LogP contribution in [0.3, 0.4) is 0 Å². The van der Waals surface area contributed by atoms with E-state index in [0.717, 1.165) is 0 Å². The van der Waals surface area contributed by atoms with Crippen LogP contribution < -0.4 is 5.43 Å². The van der Waals surface area contributed by atoms with Crippen LogP contribution >= 0.6 is 0 Å². The molecule has 0 radical (unpaired) electrons. The Balaban J connectivity index is 2.15. The maximum absolute atomic E-state index is 10.6. The number of hydrazone groups is 1. The van der Waals surface area contributed by atoms with Crippen LogP contribution in [0.15, 0.2) is 23.3 Å². The number of nitrogens with zero attached hydrogens (tertiary/aromatic N) is 5. The minimum atomic E-state index is -0.566. The fourth-order valence-corrected chi connectivity index (χ4v) is 1.13. The molecule has 0 aliphatic rings. The third kappa shape index (κ3) is 2.55. The first-order valence-electron chi connectivity index (χ1n) is 4.67. The number of aromatic amines is 1. The van der Waals surface area contributed by atoms with Gasteiger partial charge in [0.2, 0.25) is 0 Å². The third-order valence-corrected chi connectivity index (χ3v) is 1.94. The number of aromatic nitrogens is 4. The molecule has 0 saturated heterocycles. The smallest absolute Gasteiger partial charge is 0.283 e. The molecule has 1 heterocycles. The van der Waals surface area contributed by atoms with E-state index in [1.807, 2.05) is 0 Å². The molecule has 0 bridgehead atoms. The standard InChI is InChI=1S/C8H7N7O3/c16-7-2-1-6(15(17)18)3-5(7)4-9-10-8-11-13-14-12-8/h1-4,16H,(H2,10,11,12,13,14)/b9-4+. The summed E-state index contributed by atoms with van der Waals surface area (Å²) in [6, 6.07) is 3.60. The second-order valence-electron chi connectivity index (χ2n) is 3.11. The Bertz CT molecular complexity index is 580. The Labute approximate surface area is 99.5 Å². The van der Waals surface area contributed by atoms with Crippen LogP contribution in [0.25, 0.3) is 0 Å². The molecule has 1 aromatic heterocycles. The number of H-pyrrole nitrogens is 1. The second kappa shape index (κ2) is 4.86. The highest BCUT2D eigenvalue weighted by Crippen LogP contribution is 2.21. The molecule has 0 saturated carbocycles. The number of nitro groups is 1. The van der Waals surface area contributed by atoms with E-state index in [4.69, 9.17) is 0 Å². The lowest BCUT2D eigenvalue weighted by Gasteiger charge is -1.98. The lowest BCUT2D eigenvalue weighted by molar-refractivity contribution is -0.384. The summed E-state index contributed by atoms with van der Waals surface area (Å²) in [4.78, 5) is 9.99. The van der Waals surface area contributed by atoms with E-state index in [0.29, 0.717) is 0 Å². The van der Waals surface area contributed by atoms with E-state index in [9.17, 15) is 15.2 Å². The number of hydrogen-bond acceptors (Lipinski definition) is 8. The molecule has 10 nitrogen and oxygen atoms in total. The summed E-state index contributed by atoms with van der Waals surface area (Å²) in [5.74, 6) is 0.00966. The van der Waals surface area contributed by atoms with E-state index in [2.05, 4.69) is 31.2 Å². The van der Waals surface area contributed by atoms with Gasteiger partial charge in [0, 0.05) is 17.7 Å². The number of tetrazole rings is 1. The summed E-state index contributed by atoms with van der Waals surface area (Å²) in [7, 11) is 0. The number of phenolic OH excluding ortho intramolecular Hbond substituents is 1. The van der Waals surface area contributed by atoms with Gasteiger partial charge in [-0.15, -0.1) is 5.10 Å². The quantitative estimate of drug-likeness (QED) is 0.400. The maximum Gasteiger partial charge on any atom is 0.283 e. The van der Waals surface area contributed by atoms with Gasteiger partial charge in [0.15, 0.2) is 0 Å². The van der Waals surface area contributed by atoms with Gasteiger partial charge in [-0.3, -0.25) is 10.1 Å². The molecule has 0 spiro atoms. The molecule has 0 atom stereocenters. The largest absolute Gasteiger partial charge is 0.507 e. The van der Waals surface area contributed by atoms with E-state index in [1.165, 1.54) is 24.4 Å². The Morgan fingerprint density at radius 3 is 3.06 bits per heavy atom. The molecule has 0 unspecified atom stereocenters. The first kappa shape index (κ1) is 11.4. The van der Waals surface area contributed by atoms with Gasteiger partial charge in [0.25, 0.3) is 11.6 Å². The fourth-order valence-electron chi connectivity index (χ4n) is 1.13. The lowest BCUT2D eigenvalue weighted by atomic mass is 10.2. The minimum Gasteiger partial charge on any atom is -0.507 e. The molecule has 2 aromatic rings. The predicted molar refractivity (Wildman–Crippen MR) is 60.2 cm³/mol. The molecule has 3 N–H and O–H groups in total. The zero-order chi connectivity index (χ0) is 13.0. The second-order valence-corrected chi connectivity index (χ2v) is 3.11. The Kier molecular flexibility index (Phi) is 3.09. The van der Waals surface area contributed by atoms with Crippen LogP contribution in [-0.2, 0) is 0 Å². The molecular weight excluding hydrogens is 242 g/mol. The number of anilines is 1. The number of phenols is 1. The highest BCUT2D eigenvalue weighted by atomic mass is 16.6. The lowest BCUT2D eigenvalue weighted by Crippen LogP contribution is -1.94. The molecule has 0 aliphatic carbocycles. The van der Waals surface area contributed by atoms with Crippen LogP contribution in [0.2, 0.25) is 0 Å². The Morgan fingerprint density at radius 2 is 2.39 bits per heavy atom. The average molecular weight is 249 g/mol. The first-order valence-corrected chi connectivity index (χ1v) is 4.67. The molecule has 18 heavy (non-hydrogen) atoms. The predicted octanol–water partition coefficient (Wildman–Crippen LogP) is 0.259. The molecule has 0 amide bonds. The van der Waals surface area contributed by atoms with Crippen molar-refractivity contribution >= 4 is 17.9 Å². The van der Waals surface area contributed by atoms with E-state index < -0.39 is 4.92 Å². The van der Waals surface area contributed by atoms with Crippen molar-refractivity contribution in [1.82, 2.24) is 20.6 Å². The number of non-ortho nitro benzene ring substituents is 1. The van der Waals surface area contributed by atoms with Crippen molar-refractivity contribution in [3.63, 3.8) is 0 Å². The topological polar surface area (TPSA) is 142 Å². The van der Waals surface area contributed by atoms with Crippen LogP contribution in [0.4, 0.5) is 11.6 Å². The van der Waals surface area contributed by atoms with Gasteiger partial charge in [-0.2, -0.15) is 10.3 Å². The SMILES string of the molecule is O=[N+]([O-])c1ccc(O)c(/C=N/Nc2nn[nH]n2)c1. The van der Waals surface area contributed by atoms with Crippen molar-refractivity contribution in [2.24, 2.45) is 5.10 Å². The molecular formula is C8H7N7O3. The van der Waals surface area contributed by atoms with Gasteiger partial charge in [-0.05, 0) is 11.3 Å². The van der Waals surface area contributed by atoms with Crippen molar-refractivity contribution in [3.05, 3.63) is 33.9 Å². The monoisotopic (exact) mass is 249 g/mol. The Hall–Kier alpha value is -3.04. The van der Waals surface area contributed by atoms with Crippen molar-refractivity contribution in [2.75, 3.05) is 5.43 Å². The Morgan fingerprint density at radius 1 is 1.56 bits per heavy atom. The van der Waals surface area contributed by atoms with Crippen molar-refractivity contribution in [2.45, 2.75) is 0 Å². The minimum absolute atomic E-state index is 0.126. The number of aromatic hydroxyl groups is 1. The van der Waals surface area contributed by atoms with Crippen LogP contribution in [-0.4, -0.2) is 36.9 Å². The highest BCUT2D eigenvalue weighted by Gasteiger charge is 2.08. The zero-order valence-electron chi connectivity index (χ0n) is 8.81. The maximum atomic E-state index is 10.6. The molecule has 2 rings (SSSR count). The van der Waals surface area contributed by atoms with Crippen LogP contribution in [0, 0.1) is 10.1 Å². The molecule has 0 fully saturated rings. The van der Waals surface area contributed by atoms with Gasteiger partial charge in [0.1, 0.15) is 5.75 Å². The van der Waals surface area contributed by atoms with E-state index >= 15 is 0 Å². The molecule has 1 aromatic carbocycles. The van der Waals surface area contributed by atoms with Gasteiger partial charge in [-0.1, -0.05) is 5.10 Å². The van der Waals surface area contributed by atoms with Crippen molar-refractivity contribution in [3.8, 4) is 5.75 Å².